The van der Waals surface area contributed by atoms with E-state index in [9.17, 15) is 19.7 Å². The van der Waals surface area contributed by atoms with E-state index in [1.54, 1.807) is 0 Å². The Balaban J connectivity index is 3.08. The van der Waals surface area contributed by atoms with Gasteiger partial charge in [-0.15, -0.1) is 0 Å². The van der Waals surface area contributed by atoms with Crippen LogP contribution in [-0.4, -0.2) is 21.8 Å². The normalized spacial score (nSPS) is 11.8. The Morgan fingerprint density at radius 3 is 2.12 bits per heavy atom. The van der Waals surface area contributed by atoms with Gasteiger partial charge in [0.1, 0.15) is 11.7 Å². The average molecular weight is 223 g/mol. The number of benzene rings is 1. The molecule has 0 saturated carbocycles. The second kappa shape index (κ2) is 4.52. The number of carboxylic acid groups (broad SMARTS) is 1. The zero-order valence-corrected chi connectivity index (χ0v) is 8.41. The molecule has 1 atom stereocenters. The van der Waals surface area contributed by atoms with Crippen LogP contribution in [0.15, 0.2) is 24.3 Å². The van der Waals surface area contributed by atoms with Crippen molar-refractivity contribution in [2.24, 2.45) is 0 Å². The molecule has 6 heteroatoms. The van der Waals surface area contributed by atoms with Crippen molar-refractivity contribution in [1.82, 2.24) is 0 Å². The number of Topliss-reactive ketones (excluding diaryl/α,β-unsaturated/α-hetero) is 1. The van der Waals surface area contributed by atoms with Gasteiger partial charge in [-0.25, -0.2) is 0 Å². The number of ketones is 1. The van der Waals surface area contributed by atoms with Crippen LogP contribution in [0.1, 0.15) is 18.4 Å². The van der Waals surface area contributed by atoms with Gasteiger partial charge in [-0.05, 0) is 12.5 Å². The van der Waals surface area contributed by atoms with E-state index in [0.717, 1.165) is 0 Å². The maximum atomic E-state index is 11.1. The lowest BCUT2D eigenvalue weighted by molar-refractivity contribution is -0.384. The lowest BCUT2D eigenvalue weighted by Gasteiger charge is -2.08. The van der Waals surface area contributed by atoms with Crippen molar-refractivity contribution < 1.29 is 19.6 Å². The second-order valence-corrected chi connectivity index (χ2v) is 3.23. The van der Waals surface area contributed by atoms with Crippen molar-refractivity contribution in [3.05, 3.63) is 39.9 Å². The van der Waals surface area contributed by atoms with Crippen molar-refractivity contribution in [3.63, 3.8) is 0 Å². The lowest BCUT2D eigenvalue weighted by atomic mass is 9.95. The van der Waals surface area contributed by atoms with Crippen LogP contribution < -0.4 is 0 Å². The number of carbonyl (C=O) groups is 2. The van der Waals surface area contributed by atoms with Crippen LogP contribution in [0.2, 0.25) is 0 Å². The summed E-state index contributed by atoms with van der Waals surface area (Å²) in [7, 11) is 0. The Morgan fingerprint density at radius 1 is 1.31 bits per heavy atom. The van der Waals surface area contributed by atoms with Crippen molar-refractivity contribution in [2.75, 3.05) is 0 Å². The molecule has 0 bridgehead atoms. The summed E-state index contributed by atoms with van der Waals surface area (Å²) in [5.74, 6) is -3.04. The SMILES string of the molecule is CC(=O)C(C(=O)O)c1ccc([N+](=O)[O-])cc1. The van der Waals surface area contributed by atoms with Crippen LogP contribution in [0.5, 0.6) is 0 Å². The average Bonchev–Trinajstić information content (AvgIpc) is 2.17. The van der Waals surface area contributed by atoms with E-state index in [4.69, 9.17) is 5.11 Å². The highest BCUT2D eigenvalue weighted by molar-refractivity contribution is 6.02. The summed E-state index contributed by atoms with van der Waals surface area (Å²) in [6.45, 7) is 1.17. The van der Waals surface area contributed by atoms with Crippen LogP contribution in [0.25, 0.3) is 0 Å². The predicted octanol–water partition coefficient (Wildman–Crippen LogP) is 1.35. The molecule has 1 aromatic rings. The highest BCUT2D eigenvalue weighted by Gasteiger charge is 2.25. The molecule has 0 radical (unpaired) electrons. The van der Waals surface area contributed by atoms with Crippen molar-refractivity contribution >= 4 is 17.4 Å². The highest BCUT2D eigenvalue weighted by Crippen LogP contribution is 2.20. The molecule has 0 aromatic heterocycles. The topological polar surface area (TPSA) is 97.5 Å². The maximum Gasteiger partial charge on any atom is 0.318 e. The molecular weight excluding hydrogens is 214 g/mol. The summed E-state index contributed by atoms with van der Waals surface area (Å²) in [5.41, 5.74) is 0.0991. The first-order chi connectivity index (χ1) is 7.43. The maximum absolute atomic E-state index is 11.1. The largest absolute Gasteiger partial charge is 0.480 e. The van der Waals surface area contributed by atoms with E-state index in [-0.39, 0.29) is 11.3 Å². The zero-order valence-electron chi connectivity index (χ0n) is 8.41. The van der Waals surface area contributed by atoms with E-state index in [1.165, 1.54) is 31.2 Å². The standard InChI is InChI=1S/C10H9NO5/c1-6(12)9(10(13)14)7-2-4-8(5-3-7)11(15)16/h2-5,9H,1H3,(H,13,14). The van der Waals surface area contributed by atoms with E-state index in [0.29, 0.717) is 0 Å². The molecule has 0 spiro atoms. The van der Waals surface area contributed by atoms with Crippen LogP contribution in [0.4, 0.5) is 5.69 Å². The monoisotopic (exact) mass is 223 g/mol. The molecule has 0 aliphatic rings. The zero-order chi connectivity index (χ0) is 12.3. The van der Waals surface area contributed by atoms with Crippen molar-refractivity contribution in [2.45, 2.75) is 12.8 Å². The van der Waals surface area contributed by atoms with E-state index < -0.39 is 22.6 Å². The van der Waals surface area contributed by atoms with Gasteiger partial charge in [-0.3, -0.25) is 19.7 Å². The summed E-state index contributed by atoms with van der Waals surface area (Å²) < 4.78 is 0. The molecule has 0 saturated heterocycles. The molecule has 16 heavy (non-hydrogen) atoms. The molecule has 1 rings (SSSR count). The van der Waals surface area contributed by atoms with Crippen molar-refractivity contribution in [3.8, 4) is 0 Å². The Bertz CT molecular complexity index is 423. The summed E-state index contributed by atoms with van der Waals surface area (Å²) >= 11 is 0. The summed E-state index contributed by atoms with van der Waals surface area (Å²) in [5, 5.41) is 19.2. The second-order valence-electron chi connectivity index (χ2n) is 3.23. The van der Waals surface area contributed by atoms with Gasteiger partial charge in [-0.1, -0.05) is 12.1 Å². The quantitative estimate of drug-likeness (QED) is 0.472. The number of non-ortho nitro benzene ring substituents is 1. The number of carboxylic acids is 1. The van der Waals surface area contributed by atoms with Gasteiger partial charge in [-0.2, -0.15) is 0 Å². The molecule has 0 aliphatic carbocycles. The minimum absolute atomic E-state index is 0.142. The fraction of sp³-hybridized carbons (Fsp3) is 0.200. The third-order valence-corrected chi connectivity index (χ3v) is 2.09. The van der Waals surface area contributed by atoms with Crippen LogP contribution in [-0.2, 0) is 9.59 Å². The minimum atomic E-state index is -1.26. The number of nitro groups is 1. The first kappa shape index (κ1) is 11.8. The fourth-order valence-electron chi connectivity index (χ4n) is 1.34. The Morgan fingerprint density at radius 2 is 1.81 bits per heavy atom. The van der Waals surface area contributed by atoms with Gasteiger partial charge < -0.3 is 5.11 Å². The van der Waals surface area contributed by atoms with E-state index >= 15 is 0 Å². The first-order valence-corrected chi connectivity index (χ1v) is 4.41. The van der Waals surface area contributed by atoms with Gasteiger partial charge in [0.2, 0.25) is 0 Å². The smallest absolute Gasteiger partial charge is 0.318 e. The lowest BCUT2D eigenvalue weighted by Crippen LogP contribution is -2.18. The molecule has 84 valence electrons. The van der Waals surface area contributed by atoms with Crippen LogP contribution in [0, 0.1) is 10.1 Å². The van der Waals surface area contributed by atoms with Gasteiger partial charge in [0.05, 0.1) is 4.92 Å². The number of nitrogens with zero attached hydrogens (tertiary/aromatic N) is 1. The molecule has 0 heterocycles. The van der Waals surface area contributed by atoms with E-state index in [1.807, 2.05) is 0 Å². The summed E-state index contributed by atoms with van der Waals surface area (Å²) in [6.07, 6.45) is 0. The van der Waals surface area contributed by atoms with Crippen molar-refractivity contribution in [1.29, 1.82) is 0 Å². The molecule has 1 N–H and O–H groups in total. The van der Waals surface area contributed by atoms with E-state index in [2.05, 4.69) is 0 Å². The number of hydrogen-bond acceptors (Lipinski definition) is 4. The molecule has 0 aliphatic heterocycles. The number of hydrogen-bond donors (Lipinski definition) is 1. The highest BCUT2D eigenvalue weighted by atomic mass is 16.6. The minimum Gasteiger partial charge on any atom is -0.480 e. The molecule has 1 aromatic carbocycles. The molecule has 0 amide bonds. The van der Waals surface area contributed by atoms with Crippen LogP contribution >= 0.6 is 0 Å². The number of rotatable bonds is 4. The fourth-order valence-corrected chi connectivity index (χ4v) is 1.34. The predicted molar refractivity (Wildman–Crippen MR) is 54.2 cm³/mol. The third-order valence-electron chi connectivity index (χ3n) is 2.09. The summed E-state index contributed by atoms with van der Waals surface area (Å²) in [4.78, 5) is 31.7. The van der Waals surface area contributed by atoms with Gasteiger partial charge in [0, 0.05) is 12.1 Å². The van der Waals surface area contributed by atoms with Gasteiger partial charge in [0.15, 0.2) is 0 Å². The van der Waals surface area contributed by atoms with Gasteiger partial charge in [0.25, 0.3) is 5.69 Å². The summed E-state index contributed by atoms with van der Waals surface area (Å²) in [6, 6.07) is 4.90. The first-order valence-electron chi connectivity index (χ1n) is 4.41. The van der Waals surface area contributed by atoms with Gasteiger partial charge >= 0.3 is 5.97 Å². The number of aliphatic carboxylic acids is 1. The Kier molecular flexibility index (Phi) is 3.34. The van der Waals surface area contributed by atoms with Crippen LogP contribution in [0.3, 0.4) is 0 Å². The molecular formula is C10H9NO5. The Hall–Kier alpha value is -2.24. The Labute approximate surface area is 90.7 Å². The molecule has 0 fully saturated rings. The third kappa shape index (κ3) is 2.41. The number of nitro benzene ring substituents is 1. The molecule has 6 nitrogen and oxygen atoms in total. The number of carbonyl (C=O) groups excluding carboxylic acids is 1. The molecule has 1 unspecified atom stereocenters.